The molecule has 3 aromatic heterocycles. The predicted octanol–water partition coefficient (Wildman–Crippen LogP) is 4.61. The number of anilines is 2. The van der Waals surface area contributed by atoms with Crippen molar-refractivity contribution in [1.82, 2.24) is 39.5 Å². The van der Waals surface area contributed by atoms with Gasteiger partial charge in [0.25, 0.3) is 17.7 Å². The lowest BCUT2D eigenvalue weighted by molar-refractivity contribution is -0.136. The van der Waals surface area contributed by atoms with E-state index in [1.54, 1.807) is 35.1 Å². The molecule has 6 aliphatic rings. The maximum Gasteiger partial charge on any atom is 0.262 e. The minimum Gasteiger partial charge on any atom is -0.491 e. The van der Waals surface area contributed by atoms with E-state index in [9.17, 15) is 24.0 Å². The van der Waals surface area contributed by atoms with E-state index in [1.165, 1.54) is 6.20 Å². The molecule has 16 nitrogen and oxygen atoms in total. The van der Waals surface area contributed by atoms with Gasteiger partial charge in [0.15, 0.2) is 5.65 Å². The van der Waals surface area contributed by atoms with E-state index in [2.05, 4.69) is 41.4 Å². The number of nitrogens with zero attached hydrogens (tertiary/aromatic N) is 8. The third-order valence-electron chi connectivity index (χ3n) is 13.8. The summed E-state index contributed by atoms with van der Waals surface area (Å²) in [7, 11) is 0. The van der Waals surface area contributed by atoms with Crippen LogP contribution in [0.2, 0.25) is 0 Å². The van der Waals surface area contributed by atoms with Crippen LogP contribution in [0.5, 0.6) is 5.75 Å². The van der Waals surface area contributed by atoms with Crippen molar-refractivity contribution >= 4 is 57.5 Å². The van der Waals surface area contributed by atoms with Crippen LogP contribution in [0.4, 0.5) is 11.4 Å². The fraction of sp³-hybridized carbons (Fsp3) is 0.455. The number of ether oxygens (including phenoxy) is 1. The van der Waals surface area contributed by atoms with Crippen molar-refractivity contribution < 1.29 is 28.7 Å². The largest absolute Gasteiger partial charge is 0.491 e. The van der Waals surface area contributed by atoms with E-state index in [0.717, 1.165) is 99.0 Å². The molecule has 5 amide bonds. The fourth-order valence-corrected chi connectivity index (χ4v) is 10.2. The summed E-state index contributed by atoms with van der Waals surface area (Å²) in [5.41, 5.74) is 4.16. The summed E-state index contributed by atoms with van der Waals surface area (Å²) in [6.07, 6.45) is 16.3. The predicted molar refractivity (Wildman–Crippen MR) is 219 cm³/mol. The molecule has 2 N–H and O–H groups in total. The van der Waals surface area contributed by atoms with Crippen LogP contribution < -0.4 is 20.3 Å². The van der Waals surface area contributed by atoms with Gasteiger partial charge >= 0.3 is 0 Å². The van der Waals surface area contributed by atoms with Gasteiger partial charge < -0.3 is 19.9 Å². The highest BCUT2D eigenvalue weighted by molar-refractivity contribution is 6.23. The molecule has 0 radical (unpaired) electrons. The monoisotopic (exact) mass is 810 g/mol. The Morgan fingerprint density at radius 1 is 0.917 bits per heavy atom. The Hall–Kier alpha value is -6.16. The smallest absolute Gasteiger partial charge is 0.262 e. The second-order valence-corrected chi connectivity index (χ2v) is 17.7. The minimum absolute atomic E-state index is 0.0985. The zero-order valence-electron chi connectivity index (χ0n) is 33.2. The summed E-state index contributed by atoms with van der Waals surface area (Å²) in [6, 6.07) is 11.0. The number of piperidine rings is 2. The molecule has 1 spiro atoms. The lowest BCUT2D eigenvalue weighted by atomic mass is 9.67. The molecule has 1 unspecified atom stereocenters. The molecule has 5 aromatic rings. The average Bonchev–Trinajstić information content (AvgIpc) is 3.74. The highest BCUT2D eigenvalue weighted by Crippen LogP contribution is 2.47. The van der Waals surface area contributed by atoms with Crippen molar-refractivity contribution in [1.29, 1.82) is 0 Å². The number of benzene rings is 2. The van der Waals surface area contributed by atoms with Gasteiger partial charge in [-0.3, -0.25) is 38.9 Å². The SMILES string of the molecule is O=C1CCC(N2C(=O)c3ccc(N4CC5(CCC(N6CCC(n7cc8cc(NC(=O)c9cnn%10cccnc9%10)c(OCC9CC9)cc8n7)CC6)CC5)C4)cc3C2=O)C(=O)N1. The van der Waals surface area contributed by atoms with Crippen molar-refractivity contribution in [2.45, 2.75) is 82.3 Å². The van der Waals surface area contributed by atoms with E-state index in [0.29, 0.717) is 52.3 Å². The maximum atomic E-state index is 13.5. The molecule has 16 heteroatoms. The van der Waals surface area contributed by atoms with Crippen molar-refractivity contribution in [2.75, 3.05) is 43.0 Å². The summed E-state index contributed by atoms with van der Waals surface area (Å²) >= 11 is 0. The minimum atomic E-state index is -0.965. The Morgan fingerprint density at radius 2 is 1.72 bits per heavy atom. The van der Waals surface area contributed by atoms with Crippen molar-refractivity contribution in [3.05, 3.63) is 77.9 Å². The normalized spacial score (nSPS) is 22.4. The van der Waals surface area contributed by atoms with Gasteiger partial charge in [0.05, 0.1) is 41.2 Å². The summed E-state index contributed by atoms with van der Waals surface area (Å²) in [5.74, 6) is -1.05. The Morgan fingerprint density at radius 3 is 2.50 bits per heavy atom. The molecule has 4 aliphatic heterocycles. The number of carbonyl (C=O) groups excluding carboxylic acids is 5. The number of hydrogen-bond donors (Lipinski definition) is 2. The Labute approximate surface area is 345 Å². The van der Waals surface area contributed by atoms with Crippen LogP contribution in [-0.2, 0) is 9.59 Å². The molecule has 7 heterocycles. The molecular weight excluding hydrogens is 765 g/mol. The van der Waals surface area contributed by atoms with Gasteiger partial charge in [-0.15, -0.1) is 0 Å². The van der Waals surface area contributed by atoms with Gasteiger partial charge in [0.2, 0.25) is 11.8 Å². The molecule has 1 atom stereocenters. The zero-order valence-corrected chi connectivity index (χ0v) is 33.2. The molecular formula is C44H46N10O6. The first-order valence-electron chi connectivity index (χ1n) is 21.3. The lowest BCUT2D eigenvalue weighted by Gasteiger charge is -2.55. The summed E-state index contributed by atoms with van der Waals surface area (Å²) < 4.78 is 9.96. The molecule has 2 aromatic carbocycles. The molecule has 5 fully saturated rings. The van der Waals surface area contributed by atoms with E-state index in [4.69, 9.17) is 9.84 Å². The average molecular weight is 811 g/mol. The van der Waals surface area contributed by atoms with Crippen LogP contribution in [0.25, 0.3) is 16.6 Å². The van der Waals surface area contributed by atoms with Gasteiger partial charge in [0, 0.05) is 79.8 Å². The van der Waals surface area contributed by atoms with Gasteiger partial charge in [-0.1, -0.05) is 0 Å². The first-order chi connectivity index (χ1) is 29.2. The highest BCUT2D eigenvalue weighted by Gasteiger charge is 2.48. The van der Waals surface area contributed by atoms with Crippen LogP contribution >= 0.6 is 0 Å². The third-order valence-corrected chi connectivity index (χ3v) is 13.8. The topological polar surface area (TPSA) is 176 Å². The molecule has 0 bridgehead atoms. The number of amides is 5. The molecule has 2 saturated carbocycles. The fourth-order valence-electron chi connectivity index (χ4n) is 10.2. The van der Waals surface area contributed by atoms with Crippen molar-refractivity contribution in [2.24, 2.45) is 11.3 Å². The number of nitrogens with one attached hydrogen (secondary N) is 2. The van der Waals surface area contributed by atoms with E-state index in [-0.39, 0.29) is 36.1 Å². The number of likely N-dealkylation sites (tertiary alicyclic amines) is 1. The third kappa shape index (κ3) is 6.48. The van der Waals surface area contributed by atoms with E-state index in [1.807, 2.05) is 18.2 Å². The molecule has 3 saturated heterocycles. The molecule has 308 valence electrons. The Kier molecular flexibility index (Phi) is 8.76. The number of carbonyl (C=O) groups is 5. The summed E-state index contributed by atoms with van der Waals surface area (Å²) in [6.45, 7) is 4.49. The number of imide groups is 2. The zero-order chi connectivity index (χ0) is 40.7. The summed E-state index contributed by atoms with van der Waals surface area (Å²) in [5, 5.41) is 15.6. The van der Waals surface area contributed by atoms with Gasteiger partial charge in [-0.25, -0.2) is 9.50 Å². The van der Waals surface area contributed by atoms with Gasteiger partial charge in [-0.05, 0) is 94.0 Å². The van der Waals surface area contributed by atoms with Crippen LogP contribution in [0.1, 0.15) is 101 Å². The number of fused-ring (bicyclic) bond motifs is 3. The highest BCUT2D eigenvalue weighted by atomic mass is 16.5. The quantitative estimate of drug-likeness (QED) is 0.199. The molecule has 60 heavy (non-hydrogen) atoms. The second-order valence-electron chi connectivity index (χ2n) is 17.7. The lowest BCUT2D eigenvalue weighted by Crippen LogP contribution is -2.59. The van der Waals surface area contributed by atoms with Crippen molar-refractivity contribution in [3.8, 4) is 5.75 Å². The van der Waals surface area contributed by atoms with Crippen LogP contribution in [0, 0.1) is 11.3 Å². The second kappa shape index (κ2) is 14.2. The van der Waals surface area contributed by atoms with Crippen LogP contribution in [0.15, 0.2) is 61.2 Å². The summed E-state index contributed by atoms with van der Waals surface area (Å²) in [4.78, 5) is 74.5. The van der Waals surface area contributed by atoms with E-state index >= 15 is 0 Å². The molecule has 2 aliphatic carbocycles. The van der Waals surface area contributed by atoms with Gasteiger partial charge in [-0.2, -0.15) is 10.2 Å². The number of rotatable bonds is 9. The maximum absolute atomic E-state index is 13.5. The first-order valence-corrected chi connectivity index (χ1v) is 21.3. The van der Waals surface area contributed by atoms with Crippen LogP contribution in [-0.4, -0.2) is 109 Å². The van der Waals surface area contributed by atoms with Crippen LogP contribution in [0.3, 0.4) is 0 Å². The number of hydrogen-bond acceptors (Lipinski definition) is 11. The standard InChI is InChI=1S/C44H46N10O6/c55-38-7-6-36(41(57)48-38)54-42(58)31-5-4-30(19-32(31)43(54)59)51-24-44(25-51)12-8-28(9-13-44)50-16-10-29(11-17-50)53-22-27-18-35(37(20-34(27)49-53)60-23-26-2-3-26)47-40(56)33-21-46-52-15-1-14-45-39(33)52/h1,4-5,14-15,18-22,26,28-29,36H,2-3,6-13,16-17,23-25H2,(H,47,56)(H,48,55,57). The van der Waals surface area contributed by atoms with Gasteiger partial charge in [0.1, 0.15) is 17.4 Å². The van der Waals surface area contributed by atoms with E-state index < -0.39 is 23.8 Å². The molecule has 11 rings (SSSR count). The number of aromatic nitrogens is 5. The first kappa shape index (κ1) is 36.9. The van der Waals surface area contributed by atoms with Crippen molar-refractivity contribution in [3.63, 3.8) is 0 Å². The Bertz CT molecular complexity index is 2590. The Balaban J connectivity index is 0.700.